The Hall–Kier alpha value is -3.11. The Bertz CT molecular complexity index is 970. The van der Waals surface area contributed by atoms with Crippen molar-refractivity contribution < 1.29 is 29.7 Å². The van der Waals surface area contributed by atoms with Crippen molar-refractivity contribution >= 4 is 17.8 Å². The summed E-state index contributed by atoms with van der Waals surface area (Å²) >= 11 is 0. The van der Waals surface area contributed by atoms with Gasteiger partial charge in [-0.3, -0.25) is 14.5 Å². The minimum atomic E-state index is -2.10. The van der Waals surface area contributed by atoms with E-state index >= 15 is 0 Å². The van der Waals surface area contributed by atoms with E-state index in [9.17, 15) is 29.7 Å². The number of aliphatic hydroxyl groups excluding tert-OH is 2. The zero-order valence-electron chi connectivity index (χ0n) is 20.0. The highest BCUT2D eigenvalue weighted by atomic mass is 16.4. The third kappa shape index (κ3) is 7.97. The van der Waals surface area contributed by atoms with Gasteiger partial charge in [-0.05, 0) is 36.3 Å². The highest BCUT2D eigenvalue weighted by Crippen LogP contribution is 2.19. The first kappa shape index (κ1) is 28.1. The molecular weight excluding hydrogens is 450 g/mol. The van der Waals surface area contributed by atoms with Gasteiger partial charge in [0, 0.05) is 6.04 Å². The molecule has 0 aliphatic rings. The smallest absolute Gasteiger partial charge is 0.334 e. The van der Waals surface area contributed by atoms with Crippen molar-refractivity contribution in [1.29, 1.82) is 0 Å². The zero-order valence-corrected chi connectivity index (χ0v) is 20.0. The summed E-state index contributed by atoms with van der Waals surface area (Å²) in [5.74, 6) is -3.58. The van der Waals surface area contributed by atoms with E-state index in [2.05, 4.69) is 0 Å². The lowest BCUT2D eigenvalue weighted by Crippen LogP contribution is -2.62. The van der Waals surface area contributed by atoms with E-state index < -0.39 is 48.1 Å². The van der Waals surface area contributed by atoms with Crippen molar-refractivity contribution in [2.45, 2.75) is 63.4 Å². The summed E-state index contributed by atoms with van der Waals surface area (Å²) < 4.78 is 0. The molecule has 7 N–H and O–H groups in total. The van der Waals surface area contributed by atoms with Crippen LogP contribution in [0.25, 0.3) is 0 Å². The van der Waals surface area contributed by atoms with Crippen LogP contribution in [0.3, 0.4) is 0 Å². The summed E-state index contributed by atoms with van der Waals surface area (Å²) in [5.41, 5.74) is 13.6. The van der Waals surface area contributed by atoms with Crippen molar-refractivity contribution in [2.75, 3.05) is 0 Å². The first-order chi connectivity index (χ1) is 16.5. The maximum atomic E-state index is 13.5. The minimum absolute atomic E-state index is 0.00753. The van der Waals surface area contributed by atoms with E-state index in [-0.39, 0.29) is 25.2 Å². The second-order valence-corrected chi connectivity index (χ2v) is 9.12. The normalized spacial score (nSPS) is 15.6. The van der Waals surface area contributed by atoms with Gasteiger partial charge in [0.05, 0.1) is 12.1 Å². The van der Waals surface area contributed by atoms with Crippen LogP contribution in [0.2, 0.25) is 0 Å². The average molecular weight is 486 g/mol. The number of hydrogen-bond donors (Lipinski definition) is 5. The Morgan fingerprint density at radius 2 is 1.29 bits per heavy atom. The molecule has 2 aromatic rings. The number of aliphatic hydroxyl groups is 2. The molecule has 0 aliphatic heterocycles. The molecular formula is C26H35N3O6. The average Bonchev–Trinajstić information content (AvgIpc) is 2.83. The Morgan fingerprint density at radius 3 is 1.74 bits per heavy atom. The van der Waals surface area contributed by atoms with Crippen LogP contribution in [0.5, 0.6) is 0 Å². The number of aliphatic carboxylic acids is 1. The molecule has 0 heterocycles. The van der Waals surface area contributed by atoms with Crippen molar-refractivity contribution in [3.8, 4) is 0 Å². The summed E-state index contributed by atoms with van der Waals surface area (Å²) in [4.78, 5) is 39.2. The third-order valence-corrected chi connectivity index (χ3v) is 5.73. The molecule has 0 aliphatic carbocycles. The number of carbonyl (C=O) groups is 3. The molecule has 0 spiro atoms. The number of rotatable bonds is 12. The standard InChI is InChI=1S/C26H35N3O6/c1-16(2)13-20(28)24(32)29(21(23(31)26(34)35)15-18-11-7-4-8-12-18)25(33)22(30)19(27)14-17-9-5-3-6-10-17/h3-12,16,19-23,30-31H,13-15,27-28H2,1-2H3,(H,34,35)/t19-,20+,21-,22?,23+/m1/s1. The van der Waals surface area contributed by atoms with Gasteiger partial charge in [-0.2, -0.15) is 0 Å². The van der Waals surface area contributed by atoms with Gasteiger partial charge in [-0.25, -0.2) is 4.79 Å². The number of hydrogen-bond acceptors (Lipinski definition) is 7. The number of amides is 2. The minimum Gasteiger partial charge on any atom is -0.479 e. The molecule has 1 unspecified atom stereocenters. The van der Waals surface area contributed by atoms with Crippen LogP contribution in [-0.4, -0.2) is 68.3 Å². The highest BCUT2D eigenvalue weighted by Gasteiger charge is 2.43. The van der Waals surface area contributed by atoms with Gasteiger partial charge in [0.25, 0.3) is 5.91 Å². The number of carbonyl (C=O) groups excluding carboxylic acids is 2. The highest BCUT2D eigenvalue weighted by molar-refractivity contribution is 6.00. The Morgan fingerprint density at radius 1 is 0.800 bits per heavy atom. The molecule has 9 nitrogen and oxygen atoms in total. The van der Waals surface area contributed by atoms with Gasteiger partial charge in [0.2, 0.25) is 5.91 Å². The summed E-state index contributed by atoms with van der Waals surface area (Å²) in [6, 6.07) is 13.8. The van der Waals surface area contributed by atoms with Gasteiger partial charge in [-0.1, -0.05) is 74.5 Å². The number of imide groups is 1. The molecule has 2 amide bonds. The Labute approximate surface area is 205 Å². The lowest BCUT2D eigenvalue weighted by atomic mass is 9.95. The number of nitrogens with zero attached hydrogens (tertiary/aromatic N) is 1. The first-order valence-electron chi connectivity index (χ1n) is 11.6. The number of carboxylic acids is 1. The van der Waals surface area contributed by atoms with Crippen molar-refractivity contribution in [3.63, 3.8) is 0 Å². The van der Waals surface area contributed by atoms with E-state index in [0.29, 0.717) is 10.5 Å². The van der Waals surface area contributed by atoms with Crippen LogP contribution >= 0.6 is 0 Å². The lowest BCUT2D eigenvalue weighted by molar-refractivity contribution is -0.163. The zero-order chi connectivity index (χ0) is 26.1. The largest absolute Gasteiger partial charge is 0.479 e. The maximum Gasteiger partial charge on any atom is 0.334 e. The molecule has 9 heteroatoms. The second kappa shape index (κ2) is 13.1. The van der Waals surface area contributed by atoms with Crippen molar-refractivity contribution in [2.24, 2.45) is 17.4 Å². The van der Waals surface area contributed by atoms with Gasteiger partial charge in [0.15, 0.2) is 6.10 Å². The molecule has 0 fully saturated rings. The Balaban J connectivity index is 2.44. The van der Waals surface area contributed by atoms with Crippen LogP contribution in [0.4, 0.5) is 0 Å². The van der Waals surface area contributed by atoms with Crippen LogP contribution in [0.1, 0.15) is 31.4 Å². The van der Waals surface area contributed by atoms with Gasteiger partial charge >= 0.3 is 5.97 Å². The molecule has 2 aromatic carbocycles. The van der Waals surface area contributed by atoms with Gasteiger partial charge in [-0.15, -0.1) is 0 Å². The fraction of sp³-hybridized carbons (Fsp3) is 0.423. The molecule has 2 rings (SSSR count). The monoisotopic (exact) mass is 485 g/mol. The molecule has 0 bridgehead atoms. The number of carboxylic acid groups (broad SMARTS) is 1. The second-order valence-electron chi connectivity index (χ2n) is 9.12. The summed E-state index contributed by atoms with van der Waals surface area (Å²) in [7, 11) is 0. The molecule has 0 saturated heterocycles. The molecule has 0 radical (unpaired) electrons. The molecule has 0 aromatic heterocycles. The summed E-state index contributed by atoms with van der Waals surface area (Å²) in [6.45, 7) is 3.69. The molecule has 190 valence electrons. The van der Waals surface area contributed by atoms with Crippen LogP contribution < -0.4 is 11.5 Å². The molecule has 5 atom stereocenters. The van der Waals surface area contributed by atoms with Crippen molar-refractivity contribution in [3.05, 3.63) is 71.8 Å². The van der Waals surface area contributed by atoms with E-state index in [0.717, 1.165) is 5.56 Å². The quantitative estimate of drug-likeness (QED) is 0.293. The number of nitrogens with two attached hydrogens (primary N) is 2. The summed E-state index contributed by atoms with van der Waals surface area (Å²) in [6.07, 6.45) is -3.73. The van der Waals surface area contributed by atoms with Crippen LogP contribution in [0.15, 0.2) is 60.7 Å². The Kier molecular flexibility index (Phi) is 10.5. The van der Waals surface area contributed by atoms with Gasteiger partial charge in [0.1, 0.15) is 6.10 Å². The maximum absolute atomic E-state index is 13.5. The van der Waals surface area contributed by atoms with E-state index in [4.69, 9.17) is 11.5 Å². The van der Waals surface area contributed by atoms with Crippen LogP contribution in [-0.2, 0) is 27.2 Å². The predicted molar refractivity (Wildman–Crippen MR) is 131 cm³/mol. The van der Waals surface area contributed by atoms with E-state index in [1.165, 1.54) is 0 Å². The summed E-state index contributed by atoms with van der Waals surface area (Å²) in [5, 5.41) is 30.9. The predicted octanol–water partition coefficient (Wildman–Crippen LogP) is 0.703. The lowest BCUT2D eigenvalue weighted by Gasteiger charge is -2.36. The fourth-order valence-corrected chi connectivity index (χ4v) is 3.91. The first-order valence-corrected chi connectivity index (χ1v) is 11.6. The van der Waals surface area contributed by atoms with E-state index in [1.54, 1.807) is 54.6 Å². The fourth-order valence-electron chi connectivity index (χ4n) is 3.91. The molecule has 35 heavy (non-hydrogen) atoms. The SMILES string of the molecule is CC(C)C[C@H](N)C(=O)N(C(=O)C(O)[C@H](N)Cc1ccccc1)[C@H](Cc1ccccc1)[C@H](O)C(=O)O. The number of benzene rings is 2. The topological polar surface area (TPSA) is 167 Å². The van der Waals surface area contributed by atoms with Crippen LogP contribution in [0, 0.1) is 5.92 Å². The molecule has 0 saturated carbocycles. The van der Waals surface area contributed by atoms with Gasteiger partial charge < -0.3 is 26.8 Å². The van der Waals surface area contributed by atoms with Crippen molar-refractivity contribution in [1.82, 2.24) is 4.90 Å². The van der Waals surface area contributed by atoms with E-state index in [1.807, 2.05) is 19.9 Å². The third-order valence-electron chi connectivity index (χ3n) is 5.73.